The number of hydrogen-bond acceptors (Lipinski definition) is 5. The van der Waals surface area contributed by atoms with E-state index in [1.54, 1.807) is 18.2 Å². The second-order valence-electron chi connectivity index (χ2n) is 7.04. The van der Waals surface area contributed by atoms with Gasteiger partial charge in [-0.25, -0.2) is 0 Å². The highest BCUT2D eigenvalue weighted by atomic mass is 35.5. The molecule has 5 atom stereocenters. The molecule has 2 bridgehead atoms. The summed E-state index contributed by atoms with van der Waals surface area (Å²) in [7, 11) is 0. The molecule has 1 aliphatic heterocycles. The molecule has 1 aromatic carbocycles. The lowest BCUT2D eigenvalue weighted by atomic mass is 9.80. The zero-order valence-electron chi connectivity index (χ0n) is 13.7. The molecular formula is C18H18ClNO5. The van der Waals surface area contributed by atoms with Crippen LogP contribution < -0.4 is 5.32 Å². The number of rotatable bonds is 4. The topological polar surface area (TPSA) is 81.7 Å². The van der Waals surface area contributed by atoms with Gasteiger partial charge in [0.15, 0.2) is 6.61 Å². The number of anilines is 1. The van der Waals surface area contributed by atoms with Crippen LogP contribution in [0.25, 0.3) is 0 Å². The second kappa shape index (κ2) is 6.02. The van der Waals surface area contributed by atoms with Gasteiger partial charge in [-0.3, -0.25) is 14.4 Å². The van der Waals surface area contributed by atoms with Crippen molar-refractivity contribution in [1.29, 1.82) is 0 Å². The Balaban J connectivity index is 1.34. The molecule has 0 aromatic heterocycles. The Labute approximate surface area is 149 Å². The predicted molar refractivity (Wildman–Crippen MR) is 88.9 cm³/mol. The molecule has 0 unspecified atom stereocenters. The van der Waals surface area contributed by atoms with Crippen LogP contribution in [0.4, 0.5) is 5.69 Å². The highest BCUT2D eigenvalue weighted by molar-refractivity contribution is 6.31. The summed E-state index contributed by atoms with van der Waals surface area (Å²) in [4.78, 5) is 36.3. The molecule has 4 rings (SSSR count). The molecule has 0 spiro atoms. The number of fused-ring (bicyclic) bond motifs is 1. The van der Waals surface area contributed by atoms with Gasteiger partial charge in [0.25, 0.3) is 5.91 Å². The lowest BCUT2D eigenvalue weighted by molar-refractivity contribution is -0.157. The number of benzene rings is 1. The molecule has 25 heavy (non-hydrogen) atoms. The number of hydrogen-bond donors (Lipinski definition) is 1. The van der Waals surface area contributed by atoms with Crippen molar-refractivity contribution in [1.82, 2.24) is 0 Å². The molecule has 1 N–H and O–H groups in total. The van der Waals surface area contributed by atoms with Crippen LogP contribution in [0.1, 0.15) is 18.4 Å². The highest BCUT2D eigenvalue weighted by Crippen LogP contribution is 2.57. The first kappa shape index (κ1) is 16.4. The minimum atomic E-state index is -0.480. The van der Waals surface area contributed by atoms with E-state index in [1.165, 1.54) is 0 Å². The maximum Gasteiger partial charge on any atom is 0.310 e. The first-order valence-electron chi connectivity index (χ1n) is 8.37. The van der Waals surface area contributed by atoms with Gasteiger partial charge in [0.2, 0.25) is 0 Å². The fourth-order valence-electron chi connectivity index (χ4n) is 4.43. The summed E-state index contributed by atoms with van der Waals surface area (Å²) < 4.78 is 10.5. The number of amides is 1. The van der Waals surface area contributed by atoms with E-state index in [9.17, 15) is 14.4 Å². The van der Waals surface area contributed by atoms with Gasteiger partial charge in [0.1, 0.15) is 6.10 Å². The van der Waals surface area contributed by atoms with Gasteiger partial charge < -0.3 is 14.8 Å². The lowest BCUT2D eigenvalue weighted by Crippen LogP contribution is -2.34. The monoisotopic (exact) mass is 363 g/mol. The van der Waals surface area contributed by atoms with E-state index in [0.29, 0.717) is 10.7 Å². The smallest absolute Gasteiger partial charge is 0.310 e. The Morgan fingerprint density at radius 3 is 2.92 bits per heavy atom. The van der Waals surface area contributed by atoms with Crippen molar-refractivity contribution in [2.45, 2.75) is 25.9 Å². The van der Waals surface area contributed by atoms with Gasteiger partial charge in [0.05, 0.1) is 11.8 Å². The number of carbonyl (C=O) groups excluding carboxylic acids is 3. The lowest BCUT2D eigenvalue weighted by Gasteiger charge is -2.22. The Morgan fingerprint density at radius 2 is 2.16 bits per heavy atom. The largest absolute Gasteiger partial charge is 0.462 e. The maximum atomic E-state index is 12.4. The third kappa shape index (κ3) is 2.78. The SMILES string of the molecule is Cc1ccc(NC(=O)COC(=O)[C@@H]2[C@@H]3C[C@@H]4[C@H]2C(=O)O[C@H]4C3)cc1Cl. The Morgan fingerprint density at radius 1 is 1.36 bits per heavy atom. The second-order valence-corrected chi connectivity index (χ2v) is 7.45. The molecule has 7 heteroatoms. The molecule has 2 aliphatic carbocycles. The zero-order chi connectivity index (χ0) is 17.7. The summed E-state index contributed by atoms with van der Waals surface area (Å²) in [6, 6.07) is 5.16. The van der Waals surface area contributed by atoms with Crippen molar-refractivity contribution in [3.63, 3.8) is 0 Å². The molecule has 3 aliphatic rings. The summed E-state index contributed by atoms with van der Waals surface area (Å²) in [6.07, 6.45) is 1.52. The van der Waals surface area contributed by atoms with Gasteiger partial charge in [-0.2, -0.15) is 0 Å². The van der Waals surface area contributed by atoms with Gasteiger partial charge >= 0.3 is 11.9 Å². The predicted octanol–water partition coefficient (Wildman–Crippen LogP) is 2.33. The average molecular weight is 364 g/mol. The van der Waals surface area contributed by atoms with Crippen LogP contribution in [-0.2, 0) is 23.9 Å². The van der Waals surface area contributed by atoms with Crippen molar-refractivity contribution >= 4 is 35.1 Å². The highest BCUT2D eigenvalue weighted by Gasteiger charge is 2.64. The molecule has 1 aromatic rings. The fraction of sp³-hybridized carbons (Fsp3) is 0.500. The molecule has 3 fully saturated rings. The normalized spacial score (nSPS) is 31.8. The Kier molecular flexibility index (Phi) is 3.95. The van der Waals surface area contributed by atoms with Crippen LogP contribution in [-0.4, -0.2) is 30.6 Å². The number of esters is 2. The third-order valence-corrected chi connectivity index (χ3v) is 5.96. The summed E-state index contributed by atoms with van der Waals surface area (Å²) in [5, 5.41) is 3.19. The first-order chi connectivity index (χ1) is 11.9. The summed E-state index contributed by atoms with van der Waals surface area (Å²) >= 11 is 6.02. The van der Waals surface area contributed by atoms with Crippen molar-refractivity contribution in [3.8, 4) is 0 Å². The van der Waals surface area contributed by atoms with E-state index >= 15 is 0 Å². The number of nitrogens with one attached hydrogen (secondary N) is 1. The van der Waals surface area contributed by atoms with Crippen molar-refractivity contribution in [2.24, 2.45) is 23.7 Å². The average Bonchev–Trinajstić information content (AvgIpc) is 3.18. The van der Waals surface area contributed by atoms with Gasteiger partial charge in [-0.1, -0.05) is 17.7 Å². The van der Waals surface area contributed by atoms with Crippen LogP contribution in [0.5, 0.6) is 0 Å². The van der Waals surface area contributed by atoms with Crippen molar-refractivity contribution < 1.29 is 23.9 Å². The van der Waals surface area contributed by atoms with E-state index in [4.69, 9.17) is 21.1 Å². The molecule has 1 saturated heterocycles. The van der Waals surface area contributed by atoms with E-state index < -0.39 is 23.7 Å². The summed E-state index contributed by atoms with van der Waals surface area (Å²) in [5.74, 6) is -1.82. The zero-order valence-corrected chi connectivity index (χ0v) is 14.4. The maximum absolute atomic E-state index is 12.4. The fourth-order valence-corrected chi connectivity index (χ4v) is 4.61. The van der Waals surface area contributed by atoms with E-state index in [1.807, 2.05) is 6.92 Å². The van der Waals surface area contributed by atoms with Gasteiger partial charge in [0, 0.05) is 16.6 Å². The van der Waals surface area contributed by atoms with Crippen LogP contribution in [0.15, 0.2) is 18.2 Å². The quantitative estimate of drug-likeness (QED) is 0.830. The van der Waals surface area contributed by atoms with E-state index in [2.05, 4.69) is 5.32 Å². The molecule has 1 heterocycles. The van der Waals surface area contributed by atoms with Gasteiger partial charge in [-0.05, 0) is 43.4 Å². The molecule has 0 radical (unpaired) electrons. The standard InChI is InChI=1S/C18H18ClNO5/c1-8-2-3-10(6-12(8)19)20-14(21)7-24-17(22)15-9-4-11-13(5-9)25-18(23)16(11)15/h2-3,6,9,11,13,15-16H,4-5,7H2,1H3,(H,20,21)/t9-,11+,13+,15-,16-/m1/s1. The molecule has 1 amide bonds. The van der Waals surface area contributed by atoms with E-state index in [0.717, 1.165) is 18.4 Å². The number of halogens is 1. The van der Waals surface area contributed by atoms with E-state index in [-0.39, 0.29) is 30.5 Å². The summed E-state index contributed by atoms with van der Waals surface area (Å²) in [6.45, 7) is 1.48. The van der Waals surface area contributed by atoms with Crippen LogP contribution >= 0.6 is 11.6 Å². The summed E-state index contributed by atoms with van der Waals surface area (Å²) in [5.41, 5.74) is 1.45. The number of ether oxygens (including phenoxy) is 2. The number of aryl methyl sites for hydroxylation is 1. The minimum Gasteiger partial charge on any atom is -0.462 e. The third-order valence-electron chi connectivity index (χ3n) is 5.56. The Bertz CT molecular complexity index is 762. The molecular weight excluding hydrogens is 346 g/mol. The minimum absolute atomic E-state index is 0.0267. The number of carbonyl (C=O) groups is 3. The first-order valence-corrected chi connectivity index (χ1v) is 8.75. The van der Waals surface area contributed by atoms with Crippen molar-refractivity contribution in [3.05, 3.63) is 28.8 Å². The van der Waals surface area contributed by atoms with Crippen LogP contribution in [0.2, 0.25) is 5.02 Å². The van der Waals surface area contributed by atoms with Gasteiger partial charge in [-0.15, -0.1) is 0 Å². The Hall–Kier alpha value is -2.08. The van der Waals surface area contributed by atoms with Crippen molar-refractivity contribution in [2.75, 3.05) is 11.9 Å². The molecule has 132 valence electrons. The molecule has 2 saturated carbocycles. The molecule has 6 nitrogen and oxygen atoms in total. The van der Waals surface area contributed by atoms with Crippen LogP contribution in [0, 0.1) is 30.6 Å². The van der Waals surface area contributed by atoms with Crippen LogP contribution in [0.3, 0.4) is 0 Å².